The zero-order valence-electron chi connectivity index (χ0n) is 11.1. The highest BCUT2D eigenvalue weighted by molar-refractivity contribution is 7.99. The number of nitrogens with one attached hydrogen (secondary N) is 2. The van der Waals surface area contributed by atoms with E-state index in [1.165, 1.54) is 25.0 Å². The van der Waals surface area contributed by atoms with Gasteiger partial charge >= 0.3 is 0 Å². The fourth-order valence-corrected chi connectivity index (χ4v) is 3.75. The normalized spacial score (nSPS) is 26.6. The van der Waals surface area contributed by atoms with E-state index in [0.717, 1.165) is 39.1 Å². The minimum Gasteiger partial charge on any atom is -0.354 e. The second-order valence-electron chi connectivity index (χ2n) is 5.17. The summed E-state index contributed by atoms with van der Waals surface area (Å²) in [5, 5.41) is 7.10. The highest BCUT2D eigenvalue weighted by Crippen LogP contribution is 2.24. The van der Waals surface area contributed by atoms with E-state index in [4.69, 9.17) is 0 Å². The SMILES string of the molecule is O=C(CN1CCCNCC1)NCC1CCCCS1. The molecule has 2 heterocycles. The second kappa shape index (κ2) is 8.02. The van der Waals surface area contributed by atoms with Gasteiger partial charge < -0.3 is 10.6 Å². The molecule has 2 N–H and O–H groups in total. The van der Waals surface area contributed by atoms with E-state index >= 15 is 0 Å². The molecule has 2 aliphatic rings. The minimum absolute atomic E-state index is 0.197. The number of hydrogen-bond acceptors (Lipinski definition) is 4. The molecule has 2 saturated heterocycles. The Morgan fingerprint density at radius 1 is 1.28 bits per heavy atom. The van der Waals surface area contributed by atoms with Gasteiger partial charge in [0.2, 0.25) is 5.91 Å². The lowest BCUT2D eigenvalue weighted by molar-refractivity contribution is -0.122. The van der Waals surface area contributed by atoms with Gasteiger partial charge in [-0.3, -0.25) is 9.69 Å². The average Bonchev–Trinajstić information content (AvgIpc) is 2.66. The van der Waals surface area contributed by atoms with Crippen LogP contribution in [0.5, 0.6) is 0 Å². The summed E-state index contributed by atoms with van der Waals surface area (Å²) in [6.45, 7) is 5.54. The molecule has 104 valence electrons. The van der Waals surface area contributed by atoms with Crippen molar-refractivity contribution in [3.05, 3.63) is 0 Å². The number of rotatable bonds is 4. The van der Waals surface area contributed by atoms with E-state index in [2.05, 4.69) is 15.5 Å². The van der Waals surface area contributed by atoms with Gasteiger partial charge in [0.15, 0.2) is 0 Å². The average molecular weight is 271 g/mol. The van der Waals surface area contributed by atoms with Crippen LogP contribution in [0, 0.1) is 0 Å². The zero-order chi connectivity index (χ0) is 12.6. The van der Waals surface area contributed by atoms with Crippen molar-refractivity contribution in [1.29, 1.82) is 0 Å². The van der Waals surface area contributed by atoms with Gasteiger partial charge in [-0.2, -0.15) is 11.8 Å². The summed E-state index contributed by atoms with van der Waals surface area (Å²) in [7, 11) is 0. The Labute approximate surface area is 114 Å². The third kappa shape index (κ3) is 5.16. The van der Waals surface area contributed by atoms with Crippen LogP contribution in [0.3, 0.4) is 0 Å². The van der Waals surface area contributed by atoms with E-state index in [1.54, 1.807) is 0 Å². The fourth-order valence-electron chi connectivity index (χ4n) is 2.51. The quantitative estimate of drug-likeness (QED) is 0.789. The molecule has 0 aliphatic carbocycles. The number of carbonyl (C=O) groups is 1. The van der Waals surface area contributed by atoms with Crippen molar-refractivity contribution in [3.63, 3.8) is 0 Å². The first-order valence-corrected chi connectivity index (χ1v) is 8.21. The van der Waals surface area contributed by atoms with Gasteiger partial charge in [-0.25, -0.2) is 0 Å². The van der Waals surface area contributed by atoms with Crippen LogP contribution in [0.15, 0.2) is 0 Å². The molecule has 1 unspecified atom stereocenters. The largest absolute Gasteiger partial charge is 0.354 e. The first kappa shape index (κ1) is 14.2. The molecule has 1 amide bonds. The van der Waals surface area contributed by atoms with Gasteiger partial charge in [0, 0.05) is 24.9 Å². The topological polar surface area (TPSA) is 44.4 Å². The first-order chi connectivity index (χ1) is 8.84. The van der Waals surface area contributed by atoms with Crippen molar-refractivity contribution in [3.8, 4) is 0 Å². The molecule has 4 nitrogen and oxygen atoms in total. The van der Waals surface area contributed by atoms with Crippen molar-refractivity contribution < 1.29 is 4.79 Å². The molecule has 2 rings (SSSR count). The molecular weight excluding hydrogens is 246 g/mol. The maximum atomic E-state index is 11.9. The van der Waals surface area contributed by atoms with E-state index in [9.17, 15) is 4.79 Å². The zero-order valence-corrected chi connectivity index (χ0v) is 11.9. The molecule has 0 saturated carbocycles. The number of carbonyl (C=O) groups excluding carboxylic acids is 1. The molecule has 18 heavy (non-hydrogen) atoms. The molecule has 2 aliphatic heterocycles. The molecule has 0 aromatic heterocycles. The monoisotopic (exact) mass is 271 g/mol. The van der Waals surface area contributed by atoms with Gasteiger partial charge in [-0.15, -0.1) is 0 Å². The van der Waals surface area contributed by atoms with Crippen molar-refractivity contribution >= 4 is 17.7 Å². The molecule has 5 heteroatoms. The third-order valence-corrected chi connectivity index (χ3v) is 5.00. The van der Waals surface area contributed by atoms with Crippen LogP contribution in [0.1, 0.15) is 25.7 Å². The number of amides is 1. The van der Waals surface area contributed by atoms with Crippen LogP contribution >= 0.6 is 11.8 Å². The van der Waals surface area contributed by atoms with Crippen molar-refractivity contribution in [1.82, 2.24) is 15.5 Å². The Balaban J connectivity index is 1.61. The van der Waals surface area contributed by atoms with Gasteiger partial charge in [0.1, 0.15) is 0 Å². The van der Waals surface area contributed by atoms with E-state index in [0.29, 0.717) is 11.8 Å². The number of hydrogen-bond donors (Lipinski definition) is 2. The molecule has 0 bridgehead atoms. The van der Waals surface area contributed by atoms with E-state index in [1.807, 2.05) is 11.8 Å². The molecule has 2 fully saturated rings. The maximum absolute atomic E-state index is 11.9. The van der Waals surface area contributed by atoms with Crippen molar-refractivity contribution in [2.75, 3.05) is 45.0 Å². The van der Waals surface area contributed by atoms with Gasteiger partial charge in [-0.1, -0.05) is 6.42 Å². The summed E-state index contributed by atoms with van der Waals surface area (Å²) in [6.07, 6.45) is 5.07. The summed E-state index contributed by atoms with van der Waals surface area (Å²) < 4.78 is 0. The number of thioether (sulfide) groups is 1. The predicted molar refractivity (Wildman–Crippen MR) is 77.0 cm³/mol. The van der Waals surface area contributed by atoms with Crippen LogP contribution < -0.4 is 10.6 Å². The van der Waals surface area contributed by atoms with Gasteiger partial charge in [-0.05, 0) is 38.1 Å². The van der Waals surface area contributed by atoms with E-state index in [-0.39, 0.29) is 5.91 Å². The highest BCUT2D eigenvalue weighted by atomic mass is 32.2. The molecule has 0 aromatic rings. The number of nitrogens with zero attached hydrogens (tertiary/aromatic N) is 1. The smallest absolute Gasteiger partial charge is 0.234 e. The lowest BCUT2D eigenvalue weighted by Gasteiger charge is -2.23. The molecule has 0 radical (unpaired) electrons. The summed E-state index contributed by atoms with van der Waals surface area (Å²) in [4.78, 5) is 14.1. The Hall–Kier alpha value is -0.260. The van der Waals surface area contributed by atoms with Gasteiger partial charge in [0.25, 0.3) is 0 Å². The Kier molecular flexibility index (Phi) is 6.31. The lowest BCUT2D eigenvalue weighted by atomic mass is 10.2. The molecule has 0 aromatic carbocycles. The fraction of sp³-hybridized carbons (Fsp3) is 0.923. The molecular formula is C13H25N3OS. The van der Waals surface area contributed by atoms with Crippen LogP contribution in [0.4, 0.5) is 0 Å². The van der Waals surface area contributed by atoms with Gasteiger partial charge in [0.05, 0.1) is 6.54 Å². The summed E-state index contributed by atoms with van der Waals surface area (Å²) >= 11 is 2.02. The Morgan fingerprint density at radius 2 is 2.22 bits per heavy atom. The van der Waals surface area contributed by atoms with Crippen molar-refractivity contribution in [2.24, 2.45) is 0 Å². The maximum Gasteiger partial charge on any atom is 0.234 e. The minimum atomic E-state index is 0.197. The standard InChI is InChI=1S/C13H25N3OS/c17-13(11-16-7-3-5-14-6-8-16)15-10-12-4-1-2-9-18-12/h12,14H,1-11H2,(H,15,17). The first-order valence-electron chi connectivity index (χ1n) is 7.16. The van der Waals surface area contributed by atoms with Crippen LogP contribution in [0.25, 0.3) is 0 Å². The van der Waals surface area contributed by atoms with Crippen molar-refractivity contribution in [2.45, 2.75) is 30.9 Å². The summed E-state index contributed by atoms with van der Waals surface area (Å²) in [5.41, 5.74) is 0. The Bertz CT molecular complexity index is 249. The highest BCUT2D eigenvalue weighted by Gasteiger charge is 2.16. The predicted octanol–water partition coefficient (Wildman–Crippen LogP) is 0.684. The van der Waals surface area contributed by atoms with Crippen LogP contribution in [-0.4, -0.2) is 61.1 Å². The van der Waals surface area contributed by atoms with E-state index < -0.39 is 0 Å². The van der Waals surface area contributed by atoms with Crippen LogP contribution in [-0.2, 0) is 4.79 Å². The Morgan fingerprint density at radius 3 is 3.06 bits per heavy atom. The van der Waals surface area contributed by atoms with Crippen LogP contribution in [0.2, 0.25) is 0 Å². The lowest BCUT2D eigenvalue weighted by Crippen LogP contribution is -2.41. The summed E-state index contributed by atoms with van der Waals surface area (Å²) in [5.74, 6) is 1.46. The summed E-state index contributed by atoms with van der Waals surface area (Å²) in [6, 6.07) is 0. The third-order valence-electron chi connectivity index (χ3n) is 3.60. The molecule has 0 spiro atoms. The second-order valence-corrected chi connectivity index (χ2v) is 6.58. The molecule has 1 atom stereocenters.